The van der Waals surface area contributed by atoms with E-state index in [1.165, 1.54) is 0 Å². The Morgan fingerprint density at radius 1 is 1.16 bits per heavy atom. The van der Waals surface area contributed by atoms with Gasteiger partial charge in [0.15, 0.2) is 11.4 Å². The van der Waals surface area contributed by atoms with E-state index in [0.717, 1.165) is 28.0 Å². The third-order valence-electron chi connectivity index (χ3n) is 6.20. The van der Waals surface area contributed by atoms with Crippen LogP contribution in [0.5, 0.6) is 0 Å². The van der Waals surface area contributed by atoms with E-state index in [0.29, 0.717) is 51.3 Å². The summed E-state index contributed by atoms with van der Waals surface area (Å²) in [7, 11) is 1.87. The minimum absolute atomic E-state index is 0.0268. The Bertz CT molecular complexity index is 1100. The summed E-state index contributed by atoms with van der Waals surface area (Å²) in [5, 5.41) is 8.92. The fourth-order valence-corrected chi connectivity index (χ4v) is 4.55. The number of carbonyl (C=O) groups excluding carboxylic acids is 1. The summed E-state index contributed by atoms with van der Waals surface area (Å²) in [5.74, 6) is -0.533. The Morgan fingerprint density at radius 2 is 1.87 bits per heavy atom. The highest BCUT2D eigenvalue weighted by molar-refractivity contribution is 6.07. The molecule has 2 aromatic heterocycles. The smallest absolute Gasteiger partial charge is 0.257 e. The largest absolute Gasteiger partial charge is 0.380 e. The van der Waals surface area contributed by atoms with Crippen molar-refractivity contribution in [3.63, 3.8) is 0 Å². The number of hydrogen-bond acceptors (Lipinski definition) is 6. The second kappa shape index (κ2) is 7.94. The molecule has 2 saturated heterocycles. The molecule has 3 aromatic rings. The molecular formula is C23H27N5O3. The highest BCUT2D eigenvalue weighted by atomic mass is 16.7. The van der Waals surface area contributed by atoms with E-state index in [2.05, 4.69) is 27.5 Å². The predicted octanol–water partition coefficient (Wildman–Crippen LogP) is 2.87. The topological polar surface area (TPSA) is 81.5 Å². The molecule has 4 heterocycles. The highest BCUT2D eigenvalue weighted by Crippen LogP contribution is 2.34. The van der Waals surface area contributed by atoms with Crippen LogP contribution in [0.2, 0.25) is 0 Å². The first kappa shape index (κ1) is 20.0. The number of benzene rings is 1. The molecule has 1 spiro atoms. The first-order valence-electron chi connectivity index (χ1n) is 10.7. The molecule has 0 atom stereocenters. The molecule has 0 saturated carbocycles. The maximum atomic E-state index is 13.5. The van der Waals surface area contributed by atoms with Gasteiger partial charge in [0.1, 0.15) is 0 Å². The number of likely N-dealkylation sites (tertiary alicyclic amines) is 1. The number of piperidine rings is 1. The van der Waals surface area contributed by atoms with Gasteiger partial charge in [-0.1, -0.05) is 30.3 Å². The van der Waals surface area contributed by atoms with E-state index < -0.39 is 5.79 Å². The standard InChI is InChI=1S/C23H27N5O3/c1-16-19-20(24-14-17-6-4-3-5-7-17)18(15-25-21(19)27(2)26-16)22(29)28-10-8-23(9-11-28)30-12-13-31-23/h3-7,15H,8-14H2,1-2H3,(H,24,25). The number of aromatic nitrogens is 3. The average molecular weight is 422 g/mol. The Morgan fingerprint density at radius 3 is 2.58 bits per heavy atom. The number of nitrogens with one attached hydrogen (secondary N) is 1. The van der Waals surface area contributed by atoms with Gasteiger partial charge in [0.05, 0.1) is 35.5 Å². The number of rotatable bonds is 4. The van der Waals surface area contributed by atoms with Gasteiger partial charge in [-0.25, -0.2) is 4.98 Å². The summed E-state index contributed by atoms with van der Waals surface area (Å²) in [6.45, 7) is 5.01. The molecule has 1 aromatic carbocycles. The summed E-state index contributed by atoms with van der Waals surface area (Å²) < 4.78 is 13.4. The lowest BCUT2D eigenvalue weighted by molar-refractivity contribution is -0.181. The molecule has 0 bridgehead atoms. The van der Waals surface area contributed by atoms with Gasteiger partial charge in [-0.15, -0.1) is 0 Å². The van der Waals surface area contributed by atoms with Crippen LogP contribution in [0, 0.1) is 6.92 Å². The van der Waals surface area contributed by atoms with Crippen molar-refractivity contribution < 1.29 is 14.3 Å². The van der Waals surface area contributed by atoms with Crippen LogP contribution < -0.4 is 5.32 Å². The summed E-state index contributed by atoms with van der Waals surface area (Å²) in [6.07, 6.45) is 3.05. The number of hydrogen-bond donors (Lipinski definition) is 1. The molecule has 8 nitrogen and oxygen atoms in total. The van der Waals surface area contributed by atoms with Crippen molar-refractivity contribution in [1.82, 2.24) is 19.7 Å². The molecule has 2 fully saturated rings. The molecule has 8 heteroatoms. The number of anilines is 1. The van der Waals surface area contributed by atoms with Crippen molar-refractivity contribution in [1.29, 1.82) is 0 Å². The average Bonchev–Trinajstić information content (AvgIpc) is 3.37. The molecular weight excluding hydrogens is 394 g/mol. The first-order chi connectivity index (χ1) is 15.1. The van der Waals surface area contributed by atoms with E-state index in [1.54, 1.807) is 10.9 Å². The zero-order valence-electron chi connectivity index (χ0n) is 17.9. The zero-order chi connectivity index (χ0) is 21.4. The van der Waals surface area contributed by atoms with Gasteiger partial charge in [0.25, 0.3) is 5.91 Å². The van der Waals surface area contributed by atoms with Gasteiger partial charge in [-0.05, 0) is 12.5 Å². The number of aryl methyl sites for hydroxylation is 2. The maximum absolute atomic E-state index is 13.5. The van der Waals surface area contributed by atoms with Crippen LogP contribution in [0.25, 0.3) is 11.0 Å². The van der Waals surface area contributed by atoms with Gasteiger partial charge in [-0.2, -0.15) is 5.10 Å². The first-order valence-corrected chi connectivity index (χ1v) is 10.7. The number of fused-ring (bicyclic) bond motifs is 1. The molecule has 5 rings (SSSR count). The lowest BCUT2D eigenvalue weighted by atomic mass is 10.0. The van der Waals surface area contributed by atoms with Crippen molar-refractivity contribution >= 4 is 22.6 Å². The number of pyridine rings is 1. The number of nitrogens with zero attached hydrogens (tertiary/aromatic N) is 4. The van der Waals surface area contributed by atoms with E-state index in [1.807, 2.05) is 37.1 Å². The Hall–Kier alpha value is -2.97. The third kappa shape index (κ3) is 3.66. The summed E-state index contributed by atoms with van der Waals surface area (Å²) in [4.78, 5) is 20.0. The minimum Gasteiger partial charge on any atom is -0.380 e. The van der Waals surface area contributed by atoms with Crippen LogP contribution in [0.15, 0.2) is 36.5 Å². The predicted molar refractivity (Wildman–Crippen MR) is 117 cm³/mol. The van der Waals surface area contributed by atoms with E-state index >= 15 is 0 Å². The molecule has 2 aliphatic rings. The number of ether oxygens (including phenoxy) is 2. The third-order valence-corrected chi connectivity index (χ3v) is 6.20. The van der Waals surface area contributed by atoms with Crippen molar-refractivity contribution in [3.05, 3.63) is 53.3 Å². The van der Waals surface area contributed by atoms with Gasteiger partial charge >= 0.3 is 0 Å². The Kier molecular flexibility index (Phi) is 5.11. The molecule has 31 heavy (non-hydrogen) atoms. The van der Waals surface area contributed by atoms with Crippen LogP contribution in [-0.2, 0) is 23.1 Å². The molecule has 2 aliphatic heterocycles. The normalized spacial score (nSPS) is 18.1. The Labute approximate surface area is 181 Å². The molecule has 0 radical (unpaired) electrons. The van der Waals surface area contributed by atoms with E-state index in [9.17, 15) is 4.79 Å². The summed E-state index contributed by atoms with van der Waals surface area (Å²) in [5.41, 5.74) is 4.11. The fourth-order valence-electron chi connectivity index (χ4n) is 4.55. The maximum Gasteiger partial charge on any atom is 0.257 e. The Balaban J connectivity index is 1.46. The molecule has 162 valence electrons. The summed E-state index contributed by atoms with van der Waals surface area (Å²) in [6, 6.07) is 10.1. The van der Waals surface area contributed by atoms with Gasteiger partial charge in [0, 0.05) is 45.7 Å². The minimum atomic E-state index is -0.507. The molecule has 1 amide bonds. The lowest BCUT2D eigenvalue weighted by Crippen LogP contribution is -2.47. The second-order valence-electron chi connectivity index (χ2n) is 8.19. The molecule has 0 unspecified atom stereocenters. The summed E-state index contributed by atoms with van der Waals surface area (Å²) >= 11 is 0. The van der Waals surface area contributed by atoms with Crippen LogP contribution in [0.3, 0.4) is 0 Å². The number of carbonyl (C=O) groups is 1. The molecule has 0 aliphatic carbocycles. The van der Waals surface area contributed by atoms with E-state index in [-0.39, 0.29) is 5.91 Å². The SMILES string of the molecule is Cc1nn(C)c2ncc(C(=O)N3CCC4(CC3)OCCO4)c(NCc3ccccc3)c12. The van der Waals surface area contributed by atoms with Crippen molar-refractivity contribution in [2.24, 2.45) is 7.05 Å². The lowest BCUT2D eigenvalue weighted by Gasteiger charge is -2.37. The monoisotopic (exact) mass is 421 g/mol. The van der Waals surface area contributed by atoms with Crippen LogP contribution in [-0.4, -0.2) is 57.7 Å². The van der Waals surface area contributed by atoms with Crippen molar-refractivity contribution in [3.8, 4) is 0 Å². The van der Waals surface area contributed by atoms with Crippen molar-refractivity contribution in [2.75, 3.05) is 31.6 Å². The quantitative estimate of drug-likeness (QED) is 0.698. The van der Waals surface area contributed by atoms with E-state index in [4.69, 9.17) is 9.47 Å². The molecule has 1 N–H and O–H groups in total. The fraction of sp³-hybridized carbons (Fsp3) is 0.435. The van der Waals surface area contributed by atoms with Crippen molar-refractivity contribution in [2.45, 2.75) is 32.1 Å². The zero-order valence-corrected chi connectivity index (χ0v) is 17.9. The second-order valence-corrected chi connectivity index (χ2v) is 8.19. The van der Waals surface area contributed by atoms with Crippen LogP contribution in [0.4, 0.5) is 5.69 Å². The highest BCUT2D eigenvalue weighted by Gasteiger charge is 2.41. The van der Waals surface area contributed by atoms with Gasteiger partial charge < -0.3 is 19.7 Å². The van der Waals surface area contributed by atoms with Crippen LogP contribution in [0.1, 0.15) is 34.5 Å². The van der Waals surface area contributed by atoms with Gasteiger partial charge in [-0.3, -0.25) is 9.48 Å². The number of amides is 1. The van der Waals surface area contributed by atoms with Gasteiger partial charge in [0.2, 0.25) is 0 Å². The van der Waals surface area contributed by atoms with Crippen LogP contribution >= 0.6 is 0 Å².